The van der Waals surface area contributed by atoms with E-state index in [0.29, 0.717) is 0 Å². The molecule has 3 heterocycles. The van der Waals surface area contributed by atoms with Crippen molar-refractivity contribution in [2.45, 2.75) is 0 Å². The second kappa shape index (κ2) is 13.0. The van der Waals surface area contributed by atoms with E-state index < -0.39 is 0 Å². The zero-order valence-electron chi connectivity index (χ0n) is 31.6. The summed E-state index contributed by atoms with van der Waals surface area (Å²) in [5.74, 6) is 0. The van der Waals surface area contributed by atoms with Crippen molar-refractivity contribution in [2.24, 2.45) is 0 Å². The molecule has 3 nitrogen and oxygen atoms in total. The number of hydrogen-bond acceptors (Lipinski definition) is 3. The standard InChI is InChI=1S/C54H35BN2O/c1-4-14-36(15-5-1)39-29-33-48-47(34-39)55-46-32-28-40(37-16-6-2-7-17-37)35-51(46)57(50-24-13-23-49(53(50)55)56(48)41-18-8-3-9-19-41)42-30-26-38(27-31-42)43-21-12-22-45-44-20-10-11-25-52(44)58-54(43)45/h1-35H. The Hall–Kier alpha value is -7.56. The van der Waals surface area contributed by atoms with Gasteiger partial charge in [-0.05, 0) is 98.8 Å². The van der Waals surface area contributed by atoms with Crippen LogP contribution in [-0.4, -0.2) is 6.71 Å². The van der Waals surface area contributed by atoms with Gasteiger partial charge < -0.3 is 14.2 Å². The molecule has 0 atom stereocenters. The number of rotatable bonds is 5. The Morgan fingerprint density at radius 2 is 0.914 bits per heavy atom. The fraction of sp³-hybridized carbons (Fsp3) is 0. The van der Waals surface area contributed by atoms with Crippen LogP contribution in [0.15, 0.2) is 217 Å². The summed E-state index contributed by atoms with van der Waals surface area (Å²) in [6.45, 7) is 0.0193. The van der Waals surface area contributed by atoms with Gasteiger partial charge in [-0.25, -0.2) is 0 Å². The van der Waals surface area contributed by atoms with Crippen molar-refractivity contribution in [3.05, 3.63) is 212 Å². The van der Waals surface area contributed by atoms with Crippen molar-refractivity contribution in [3.63, 3.8) is 0 Å². The van der Waals surface area contributed by atoms with E-state index in [-0.39, 0.29) is 6.71 Å². The third-order valence-electron chi connectivity index (χ3n) is 12.1. The zero-order valence-corrected chi connectivity index (χ0v) is 31.6. The number of anilines is 6. The average molecular weight is 739 g/mol. The molecule has 0 unspecified atom stereocenters. The van der Waals surface area contributed by atoms with Crippen LogP contribution in [0.5, 0.6) is 0 Å². The third kappa shape index (κ3) is 5.02. The molecule has 0 aliphatic carbocycles. The van der Waals surface area contributed by atoms with E-state index in [1.807, 2.05) is 12.1 Å². The first-order chi connectivity index (χ1) is 28.8. The molecule has 0 bridgehead atoms. The van der Waals surface area contributed by atoms with Crippen molar-refractivity contribution in [3.8, 4) is 33.4 Å². The summed E-state index contributed by atoms with van der Waals surface area (Å²) in [6.07, 6.45) is 0. The van der Waals surface area contributed by atoms with Crippen LogP contribution in [0.4, 0.5) is 34.1 Å². The molecule has 58 heavy (non-hydrogen) atoms. The lowest BCUT2D eigenvalue weighted by Crippen LogP contribution is -2.61. The maximum absolute atomic E-state index is 6.47. The summed E-state index contributed by atoms with van der Waals surface area (Å²) in [5, 5.41) is 2.27. The van der Waals surface area contributed by atoms with Gasteiger partial charge in [-0.1, -0.05) is 158 Å². The molecular formula is C54H35BN2O. The third-order valence-corrected chi connectivity index (χ3v) is 12.1. The van der Waals surface area contributed by atoms with Gasteiger partial charge in [0.25, 0.3) is 6.71 Å². The Kier molecular flexibility index (Phi) is 7.33. The second-order valence-corrected chi connectivity index (χ2v) is 15.3. The van der Waals surface area contributed by atoms with Crippen molar-refractivity contribution >= 4 is 79.2 Å². The number of furan rings is 1. The number of para-hydroxylation sites is 3. The van der Waals surface area contributed by atoms with Gasteiger partial charge in [-0.3, -0.25) is 0 Å². The van der Waals surface area contributed by atoms with E-state index in [1.54, 1.807) is 0 Å². The first kappa shape index (κ1) is 32.7. The van der Waals surface area contributed by atoms with Gasteiger partial charge in [0.05, 0.1) is 0 Å². The molecule has 0 fully saturated rings. The molecule has 4 heteroatoms. The molecular weight excluding hydrogens is 703 g/mol. The van der Waals surface area contributed by atoms with Crippen molar-refractivity contribution in [1.29, 1.82) is 0 Å². The van der Waals surface area contributed by atoms with E-state index in [1.165, 1.54) is 61.4 Å². The van der Waals surface area contributed by atoms with Gasteiger partial charge in [0.15, 0.2) is 0 Å². The maximum Gasteiger partial charge on any atom is 0.252 e. The monoisotopic (exact) mass is 738 g/mol. The fourth-order valence-corrected chi connectivity index (χ4v) is 9.45. The molecule has 0 spiro atoms. The van der Waals surface area contributed by atoms with E-state index >= 15 is 0 Å². The van der Waals surface area contributed by atoms with Crippen molar-refractivity contribution in [1.82, 2.24) is 0 Å². The molecule has 0 amide bonds. The summed E-state index contributed by atoms with van der Waals surface area (Å²) in [7, 11) is 0. The number of hydrogen-bond donors (Lipinski definition) is 0. The Bertz CT molecular complexity index is 3180. The van der Waals surface area contributed by atoms with Gasteiger partial charge in [0, 0.05) is 50.5 Å². The minimum Gasteiger partial charge on any atom is -0.455 e. The van der Waals surface area contributed by atoms with Crippen molar-refractivity contribution < 1.29 is 4.42 Å². The van der Waals surface area contributed by atoms with Gasteiger partial charge in [0.1, 0.15) is 11.2 Å². The van der Waals surface area contributed by atoms with Gasteiger partial charge in [0.2, 0.25) is 0 Å². The quantitative estimate of drug-likeness (QED) is 0.164. The van der Waals surface area contributed by atoms with Crippen LogP contribution in [-0.2, 0) is 0 Å². The predicted molar refractivity (Wildman–Crippen MR) is 244 cm³/mol. The summed E-state index contributed by atoms with van der Waals surface area (Å²) < 4.78 is 6.47. The zero-order chi connectivity index (χ0) is 38.2. The molecule has 2 aliphatic rings. The predicted octanol–water partition coefficient (Wildman–Crippen LogP) is 12.7. The normalized spacial score (nSPS) is 12.7. The minimum atomic E-state index is 0.0193. The average Bonchev–Trinajstić information content (AvgIpc) is 3.69. The molecule has 12 rings (SSSR count). The lowest BCUT2D eigenvalue weighted by Gasteiger charge is -2.44. The first-order valence-corrected chi connectivity index (χ1v) is 20.0. The van der Waals surface area contributed by atoms with Crippen LogP contribution in [0.3, 0.4) is 0 Å². The highest BCUT2D eigenvalue weighted by Gasteiger charge is 2.43. The molecule has 1 aromatic heterocycles. The summed E-state index contributed by atoms with van der Waals surface area (Å²) in [4.78, 5) is 4.94. The van der Waals surface area contributed by atoms with Gasteiger partial charge in [-0.2, -0.15) is 0 Å². The SMILES string of the molecule is c1ccc(-c2ccc3c(c2)B2c4ccc(-c5ccccc5)cc4N(c4ccc(-c5cccc6c5oc5ccccc56)cc4)c4cccc(c42)N3c2ccccc2)cc1. The molecule has 2 aliphatic heterocycles. The highest BCUT2D eigenvalue weighted by molar-refractivity contribution is 7.00. The molecule has 9 aromatic carbocycles. The van der Waals surface area contributed by atoms with E-state index in [9.17, 15) is 0 Å². The molecule has 0 N–H and O–H groups in total. The van der Waals surface area contributed by atoms with Gasteiger partial charge in [-0.15, -0.1) is 0 Å². The van der Waals surface area contributed by atoms with Crippen LogP contribution < -0.4 is 26.2 Å². The molecule has 0 saturated heterocycles. The molecule has 0 radical (unpaired) electrons. The Morgan fingerprint density at radius 1 is 0.345 bits per heavy atom. The fourth-order valence-electron chi connectivity index (χ4n) is 9.45. The second-order valence-electron chi connectivity index (χ2n) is 15.3. The summed E-state index contributed by atoms with van der Waals surface area (Å²) >= 11 is 0. The van der Waals surface area contributed by atoms with E-state index in [0.717, 1.165) is 44.4 Å². The van der Waals surface area contributed by atoms with Crippen LogP contribution >= 0.6 is 0 Å². The van der Waals surface area contributed by atoms with Gasteiger partial charge >= 0.3 is 0 Å². The lowest BCUT2D eigenvalue weighted by molar-refractivity contribution is 0.670. The smallest absolute Gasteiger partial charge is 0.252 e. The maximum atomic E-state index is 6.47. The number of nitrogens with zero attached hydrogens (tertiary/aromatic N) is 2. The Labute approximate surface area is 337 Å². The molecule has 10 aromatic rings. The van der Waals surface area contributed by atoms with Crippen LogP contribution in [0, 0.1) is 0 Å². The Morgan fingerprint density at radius 3 is 1.66 bits per heavy atom. The lowest BCUT2D eigenvalue weighted by atomic mass is 9.33. The van der Waals surface area contributed by atoms with Crippen LogP contribution in [0.25, 0.3) is 55.3 Å². The first-order valence-electron chi connectivity index (χ1n) is 20.0. The summed E-state index contributed by atoms with van der Waals surface area (Å²) in [5.41, 5.74) is 19.8. The number of benzene rings is 9. The largest absolute Gasteiger partial charge is 0.455 e. The Balaban J connectivity index is 1.08. The minimum absolute atomic E-state index is 0.0193. The highest BCUT2D eigenvalue weighted by Crippen LogP contribution is 2.45. The highest BCUT2D eigenvalue weighted by atomic mass is 16.3. The van der Waals surface area contributed by atoms with Crippen molar-refractivity contribution in [2.75, 3.05) is 9.80 Å². The van der Waals surface area contributed by atoms with E-state index in [4.69, 9.17) is 4.42 Å². The molecule has 270 valence electrons. The van der Waals surface area contributed by atoms with Crippen LogP contribution in [0.1, 0.15) is 0 Å². The number of fused-ring (bicyclic) bond motifs is 7. The topological polar surface area (TPSA) is 19.6 Å². The summed E-state index contributed by atoms with van der Waals surface area (Å²) in [6, 6.07) is 77.0. The van der Waals surface area contributed by atoms with Crippen LogP contribution in [0.2, 0.25) is 0 Å². The molecule has 0 saturated carbocycles. The van der Waals surface area contributed by atoms with E-state index in [2.05, 4.69) is 210 Å².